The number of primary amides is 1. The normalized spacial score (nSPS) is 10.8. The molecule has 6 N–H and O–H groups in total. The van der Waals surface area contributed by atoms with Gasteiger partial charge in [0.1, 0.15) is 15.5 Å². The first-order chi connectivity index (χ1) is 12.0. The quantitative estimate of drug-likeness (QED) is 0.505. The molecule has 10 heteroatoms. The molecule has 0 bridgehead atoms. The second-order valence-electron chi connectivity index (χ2n) is 5.05. The van der Waals surface area contributed by atoms with E-state index in [-0.39, 0.29) is 23.7 Å². The number of aromatic nitrogens is 3. The maximum Gasteiger partial charge on any atom is 0.260 e. The lowest BCUT2D eigenvalue weighted by atomic mass is 10.1. The summed E-state index contributed by atoms with van der Waals surface area (Å²) in [5.74, 6) is 0.231. The van der Waals surface area contributed by atoms with E-state index in [0.29, 0.717) is 33.2 Å². The fourth-order valence-electron chi connectivity index (χ4n) is 2.32. The lowest BCUT2D eigenvalue weighted by Gasteiger charge is -2.09. The summed E-state index contributed by atoms with van der Waals surface area (Å²) in [6.07, 6.45) is 3.18. The summed E-state index contributed by atoms with van der Waals surface area (Å²) < 4.78 is 5.20. The first-order valence-electron chi connectivity index (χ1n) is 7.29. The Balaban J connectivity index is 2.27. The van der Waals surface area contributed by atoms with Crippen molar-refractivity contribution in [2.45, 2.75) is 0 Å². The van der Waals surface area contributed by atoms with Gasteiger partial charge in [-0.1, -0.05) is 0 Å². The molecule has 0 aliphatic rings. The minimum absolute atomic E-state index is 0.0729. The lowest BCUT2D eigenvalue weighted by Crippen LogP contribution is -2.11. The summed E-state index contributed by atoms with van der Waals surface area (Å²) >= 11 is 1.09. The molecule has 3 aromatic rings. The highest BCUT2D eigenvalue weighted by atomic mass is 32.1. The Labute approximate surface area is 146 Å². The van der Waals surface area contributed by atoms with Gasteiger partial charge in [0, 0.05) is 18.3 Å². The van der Waals surface area contributed by atoms with Gasteiger partial charge >= 0.3 is 0 Å². The van der Waals surface area contributed by atoms with Crippen molar-refractivity contribution in [3.05, 3.63) is 23.3 Å². The number of thiophene rings is 1. The van der Waals surface area contributed by atoms with Crippen LogP contribution in [0.3, 0.4) is 0 Å². The number of nitrogens with two attached hydrogens (primary N) is 2. The zero-order valence-corrected chi connectivity index (χ0v) is 14.1. The van der Waals surface area contributed by atoms with E-state index in [1.54, 1.807) is 18.5 Å². The van der Waals surface area contributed by atoms with Crippen LogP contribution in [0.4, 0.5) is 11.6 Å². The van der Waals surface area contributed by atoms with E-state index >= 15 is 0 Å². The van der Waals surface area contributed by atoms with Crippen molar-refractivity contribution >= 4 is 39.1 Å². The smallest absolute Gasteiger partial charge is 0.260 e. The van der Waals surface area contributed by atoms with Crippen LogP contribution in [0.15, 0.2) is 18.5 Å². The third-order valence-corrected chi connectivity index (χ3v) is 4.54. The van der Waals surface area contributed by atoms with E-state index in [1.165, 1.54) is 7.11 Å². The van der Waals surface area contributed by atoms with Gasteiger partial charge in [0.15, 0.2) is 0 Å². The van der Waals surface area contributed by atoms with E-state index in [4.69, 9.17) is 21.3 Å². The van der Waals surface area contributed by atoms with Crippen molar-refractivity contribution in [3.8, 4) is 17.0 Å². The molecule has 3 aromatic heterocycles. The highest BCUT2D eigenvalue weighted by Crippen LogP contribution is 2.39. The molecule has 25 heavy (non-hydrogen) atoms. The van der Waals surface area contributed by atoms with Crippen LogP contribution in [0.1, 0.15) is 9.67 Å². The minimum Gasteiger partial charge on any atom is -0.495 e. The zero-order valence-electron chi connectivity index (χ0n) is 13.3. The zero-order chi connectivity index (χ0) is 18.0. The Morgan fingerprint density at radius 1 is 1.40 bits per heavy atom. The van der Waals surface area contributed by atoms with E-state index in [1.807, 2.05) is 0 Å². The SMILES string of the molecule is COc1cncc(-c2nc(NCCO)nc3sc(C(N)=O)c(N)c23)c1. The highest BCUT2D eigenvalue weighted by molar-refractivity contribution is 7.21. The molecule has 0 spiro atoms. The van der Waals surface area contributed by atoms with E-state index in [2.05, 4.69) is 20.3 Å². The number of carbonyl (C=O) groups excluding carboxylic acids is 1. The standard InChI is InChI=1S/C15H16N6O3S/c1-24-8-4-7(5-18-6-8)11-9-10(16)12(13(17)23)25-14(9)21-15(20-11)19-2-3-22/h4-6,22H,2-3,16H2,1H3,(H2,17,23)(H,19,20,21). The number of ether oxygens (including phenoxy) is 1. The molecule has 0 saturated heterocycles. The van der Waals surface area contributed by atoms with Gasteiger partial charge in [-0.2, -0.15) is 0 Å². The van der Waals surface area contributed by atoms with Crippen LogP contribution >= 0.6 is 11.3 Å². The maximum absolute atomic E-state index is 11.6. The molecule has 130 valence electrons. The van der Waals surface area contributed by atoms with Crippen LogP contribution in [0, 0.1) is 0 Å². The maximum atomic E-state index is 11.6. The number of carbonyl (C=O) groups is 1. The number of nitrogen functional groups attached to an aromatic ring is 1. The molecule has 9 nitrogen and oxygen atoms in total. The molecule has 0 aliphatic carbocycles. The number of methoxy groups -OCH3 is 1. The van der Waals surface area contributed by atoms with Crippen molar-refractivity contribution in [1.82, 2.24) is 15.0 Å². The van der Waals surface area contributed by atoms with Gasteiger partial charge in [-0.3, -0.25) is 9.78 Å². The van der Waals surface area contributed by atoms with Crippen LogP contribution in [0.5, 0.6) is 5.75 Å². The van der Waals surface area contributed by atoms with Crippen molar-refractivity contribution in [2.75, 3.05) is 31.3 Å². The fraction of sp³-hybridized carbons (Fsp3) is 0.200. The molecule has 3 heterocycles. The third kappa shape index (κ3) is 3.16. The third-order valence-electron chi connectivity index (χ3n) is 3.43. The Kier molecular flexibility index (Phi) is 4.63. The first kappa shape index (κ1) is 16.9. The molecule has 0 aromatic carbocycles. The Hall–Kier alpha value is -2.98. The van der Waals surface area contributed by atoms with Gasteiger partial charge < -0.3 is 26.6 Å². The fourth-order valence-corrected chi connectivity index (χ4v) is 3.27. The number of fused-ring (bicyclic) bond motifs is 1. The number of anilines is 2. The number of aliphatic hydroxyl groups is 1. The predicted molar refractivity (Wildman–Crippen MR) is 95.7 cm³/mol. The molecule has 0 aliphatic heterocycles. The highest BCUT2D eigenvalue weighted by Gasteiger charge is 2.21. The molecule has 0 atom stereocenters. The number of nitrogens with zero attached hydrogens (tertiary/aromatic N) is 3. The number of aliphatic hydroxyl groups excluding tert-OH is 1. The van der Waals surface area contributed by atoms with Crippen molar-refractivity contribution < 1.29 is 14.6 Å². The molecule has 0 saturated carbocycles. The van der Waals surface area contributed by atoms with Crippen LogP contribution < -0.4 is 21.5 Å². The molecular formula is C15H16N6O3S. The summed E-state index contributed by atoms with van der Waals surface area (Å²) in [4.78, 5) is 25.3. The number of amides is 1. The summed E-state index contributed by atoms with van der Waals surface area (Å²) in [7, 11) is 1.54. The summed E-state index contributed by atoms with van der Waals surface area (Å²) in [6, 6.07) is 1.76. The number of hydrogen-bond acceptors (Lipinski definition) is 9. The predicted octanol–water partition coefficient (Wildman–Crippen LogP) is 0.847. The topological polar surface area (TPSA) is 149 Å². The molecule has 3 rings (SSSR count). The number of hydrogen-bond donors (Lipinski definition) is 4. The first-order valence-corrected chi connectivity index (χ1v) is 8.10. The van der Waals surface area contributed by atoms with Crippen molar-refractivity contribution in [1.29, 1.82) is 0 Å². The minimum atomic E-state index is -0.625. The summed E-state index contributed by atoms with van der Waals surface area (Å²) in [6.45, 7) is 0.210. The lowest BCUT2D eigenvalue weighted by molar-refractivity contribution is 0.100. The average molecular weight is 360 g/mol. The van der Waals surface area contributed by atoms with Crippen LogP contribution in [0.25, 0.3) is 21.5 Å². The Morgan fingerprint density at radius 2 is 2.20 bits per heavy atom. The molecule has 0 unspecified atom stereocenters. The molecular weight excluding hydrogens is 344 g/mol. The number of nitrogens with one attached hydrogen (secondary N) is 1. The molecule has 0 fully saturated rings. The van der Waals surface area contributed by atoms with Crippen LogP contribution in [-0.2, 0) is 0 Å². The van der Waals surface area contributed by atoms with Gasteiger partial charge in [-0.05, 0) is 6.07 Å². The van der Waals surface area contributed by atoms with Crippen LogP contribution in [-0.4, -0.2) is 46.2 Å². The Morgan fingerprint density at radius 3 is 2.88 bits per heavy atom. The number of pyridine rings is 1. The second-order valence-corrected chi connectivity index (χ2v) is 6.05. The van der Waals surface area contributed by atoms with E-state index in [9.17, 15) is 4.79 Å². The Bertz CT molecular complexity index is 942. The largest absolute Gasteiger partial charge is 0.495 e. The second kappa shape index (κ2) is 6.87. The van der Waals surface area contributed by atoms with E-state index in [0.717, 1.165) is 11.3 Å². The van der Waals surface area contributed by atoms with Crippen molar-refractivity contribution in [3.63, 3.8) is 0 Å². The van der Waals surface area contributed by atoms with Gasteiger partial charge in [-0.15, -0.1) is 11.3 Å². The van der Waals surface area contributed by atoms with Gasteiger partial charge in [-0.25, -0.2) is 9.97 Å². The van der Waals surface area contributed by atoms with Gasteiger partial charge in [0.2, 0.25) is 5.95 Å². The monoisotopic (exact) mass is 360 g/mol. The van der Waals surface area contributed by atoms with Crippen LogP contribution in [0.2, 0.25) is 0 Å². The molecule has 1 amide bonds. The van der Waals surface area contributed by atoms with Gasteiger partial charge in [0.25, 0.3) is 5.91 Å². The van der Waals surface area contributed by atoms with Crippen molar-refractivity contribution in [2.24, 2.45) is 5.73 Å². The van der Waals surface area contributed by atoms with E-state index < -0.39 is 5.91 Å². The summed E-state index contributed by atoms with van der Waals surface area (Å²) in [5.41, 5.74) is 12.9. The summed E-state index contributed by atoms with van der Waals surface area (Å²) in [5, 5.41) is 12.4. The molecule has 0 radical (unpaired) electrons. The number of rotatable bonds is 6. The van der Waals surface area contributed by atoms with Gasteiger partial charge in [0.05, 0.1) is 36.7 Å². The average Bonchev–Trinajstić information content (AvgIpc) is 2.96.